The van der Waals surface area contributed by atoms with Gasteiger partial charge in [0.1, 0.15) is 11.6 Å². The van der Waals surface area contributed by atoms with Crippen molar-refractivity contribution in [1.82, 2.24) is 15.1 Å². The number of halogens is 2. The minimum Gasteiger partial charge on any atom is -0.353 e. The SMILES string of the molecule is O=C(NC1CCN(C(=O)C2CCCCC2)CC1)C1CCN(C(=O)c2ccc(F)cc2F)CC1. The van der Waals surface area contributed by atoms with Gasteiger partial charge in [-0.05, 0) is 50.7 Å². The Balaban J connectivity index is 1.20. The second-order valence-corrected chi connectivity index (χ2v) is 9.63. The van der Waals surface area contributed by atoms with Crippen LogP contribution < -0.4 is 5.32 Å². The molecule has 0 radical (unpaired) electrons. The lowest BCUT2D eigenvalue weighted by Crippen LogP contribution is -2.50. The highest BCUT2D eigenvalue weighted by atomic mass is 19.1. The fourth-order valence-electron chi connectivity index (χ4n) is 5.35. The van der Waals surface area contributed by atoms with E-state index in [9.17, 15) is 23.2 Å². The van der Waals surface area contributed by atoms with Crippen molar-refractivity contribution in [2.75, 3.05) is 26.2 Å². The average Bonchev–Trinajstić information content (AvgIpc) is 2.84. The molecule has 2 heterocycles. The van der Waals surface area contributed by atoms with E-state index >= 15 is 0 Å². The summed E-state index contributed by atoms with van der Waals surface area (Å²) in [7, 11) is 0. The first-order valence-corrected chi connectivity index (χ1v) is 12.3. The highest BCUT2D eigenvalue weighted by Crippen LogP contribution is 2.27. The molecule has 1 aromatic carbocycles. The highest BCUT2D eigenvalue weighted by molar-refractivity contribution is 5.94. The number of amides is 3. The number of likely N-dealkylation sites (tertiary alicyclic amines) is 2. The van der Waals surface area contributed by atoms with Crippen LogP contribution in [0.3, 0.4) is 0 Å². The summed E-state index contributed by atoms with van der Waals surface area (Å²) < 4.78 is 27.0. The van der Waals surface area contributed by atoms with E-state index in [0.717, 1.165) is 50.7 Å². The molecule has 2 saturated heterocycles. The summed E-state index contributed by atoms with van der Waals surface area (Å²) in [5.74, 6) is -1.78. The molecule has 0 atom stereocenters. The van der Waals surface area contributed by atoms with E-state index in [0.29, 0.717) is 45.1 Å². The molecule has 0 unspecified atom stereocenters. The molecular weight excluding hydrogens is 428 g/mol. The van der Waals surface area contributed by atoms with Gasteiger partial charge in [0.25, 0.3) is 5.91 Å². The second kappa shape index (κ2) is 10.6. The van der Waals surface area contributed by atoms with Gasteiger partial charge in [-0.25, -0.2) is 8.78 Å². The lowest BCUT2D eigenvalue weighted by atomic mass is 9.87. The van der Waals surface area contributed by atoms with Gasteiger partial charge in [0.2, 0.25) is 11.8 Å². The Morgan fingerprint density at radius 1 is 0.788 bits per heavy atom. The van der Waals surface area contributed by atoms with Crippen LogP contribution in [-0.2, 0) is 9.59 Å². The van der Waals surface area contributed by atoms with Gasteiger partial charge in [-0.15, -0.1) is 0 Å². The Labute approximate surface area is 193 Å². The zero-order valence-corrected chi connectivity index (χ0v) is 19.0. The standard InChI is InChI=1S/C25H33F2N3O3/c26-19-6-7-21(22(27)16-19)25(33)30-12-8-17(9-13-30)23(31)28-20-10-14-29(15-11-20)24(32)18-4-2-1-3-5-18/h6-7,16-18,20H,1-5,8-15H2,(H,28,31). The molecule has 3 aliphatic rings. The number of nitrogens with one attached hydrogen (secondary N) is 1. The van der Waals surface area contributed by atoms with Crippen molar-refractivity contribution >= 4 is 17.7 Å². The molecule has 33 heavy (non-hydrogen) atoms. The molecular formula is C25H33F2N3O3. The molecule has 4 rings (SSSR count). The number of rotatable bonds is 4. The van der Waals surface area contributed by atoms with Gasteiger partial charge in [-0.2, -0.15) is 0 Å². The van der Waals surface area contributed by atoms with Crippen LogP contribution in [0.25, 0.3) is 0 Å². The zero-order chi connectivity index (χ0) is 23.4. The number of hydrogen-bond acceptors (Lipinski definition) is 3. The molecule has 1 saturated carbocycles. The normalized spacial score (nSPS) is 21.2. The first-order valence-electron chi connectivity index (χ1n) is 12.3. The van der Waals surface area contributed by atoms with Crippen LogP contribution in [0.1, 0.15) is 68.1 Å². The zero-order valence-electron chi connectivity index (χ0n) is 19.0. The summed E-state index contributed by atoms with van der Waals surface area (Å²) in [6.07, 6.45) is 8.09. The molecule has 1 aromatic rings. The average molecular weight is 462 g/mol. The van der Waals surface area contributed by atoms with Crippen LogP contribution in [0.5, 0.6) is 0 Å². The van der Waals surface area contributed by atoms with Crippen LogP contribution in [-0.4, -0.2) is 59.7 Å². The van der Waals surface area contributed by atoms with Crippen molar-refractivity contribution in [2.45, 2.75) is 63.8 Å². The fraction of sp³-hybridized carbons (Fsp3) is 0.640. The van der Waals surface area contributed by atoms with Crippen molar-refractivity contribution in [1.29, 1.82) is 0 Å². The van der Waals surface area contributed by atoms with Gasteiger partial charge in [0.15, 0.2) is 0 Å². The third-order valence-corrected chi connectivity index (χ3v) is 7.42. The molecule has 0 bridgehead atoms. The van der Waals surface area contributed by atoms with E-state index in [-0.39, 0.29) is 35.3 Å². The highest BCUT2D eigenvalue weighted by Gasteiger charge is 2.32. The molecule has 1 aliphatic carbocycles. The topological polar surface area (TPSA) is 69.7 Å². The van der Waals surface area contributed by atoms with E-state index in [1.54, 1.807) is 0 Å². The van der Waals surface area contributed by atoms with E-state index < -0.39 is 17.5 Å². The first-order chi connectivity index (χ1) is 15.9. The smallest absolute Gasteiger partial charge is 0.256 e. The number of piperidine rings is 2. The molecule has 8 heteroatoms. The maximum absolute atomic E-state index is 13.9. The summed E-state index contributed by atoms with van der Waals surface area (Å²) in [6, 6.07) is 3.02. The summed E-state index contributed by atoms with van der Waals surface area (Å²) in [5.41, 5.74) is -0.145. The van der Waals surface area contributed by atoms with Crippen LogP contribution in [0.2, 0.25) is 0 Å². The summed E-state index contributed by atoms with van der Waals surface area (Å²) >= 11 is 0. The van der Waals surface area contributed by atoms with E-state index in [1.165, 1.54) is 11.3 Å². The first kappa shape index (κ1) is 23.6. The largest absolute Gasteiger partial charge is 0.353 e. The fourth-order valence-corrected chi connectivity index (χ4v) is 5.35. The van der Waals surface area contributed by atoms with Crippen LogP contribution in [0.15, 0.2) is 18.2 Å². The number of nitrogens with zero attached hydrogens (tertiary/aromatic N) is 2. The number of benzene rings is 1. The van der Waals surface area contributed by atoms with E-state index in [1.807, 2.05) is 4.90 Å². The molecule has 3 fully saturated rings. The van der Waals surface area contributed by atoms with Gasteiger partial charge in [-0.3, -0.25) is 14.4 Å². The summed E-state index contributed by atoms with van der Waals surface area (Å²) in [5, 5.41) is 3.14. The summed E-state index contributed by atoms with van der Waals surface area (Å²) in [6.45, 7) is 2.11. The molecule has 1 N–H and O–H groups in total. The Hall–Kier alpha value is -2.51. The lowest BCUT2D eigenvalue weighted by Gasteiger charge is -2.36. The molecule has 0 aromatic heterocycles. The summed E-state index contributed by atoms with van der Waals surface area (Å²) in [4.78, 5) is 41.5. The van der Waals surface area contributed by atoms with Crippen LogP contribution in [0.4, 0.5) is 8.78 Å². The molecule has 3 amide bonds. The minimum atomic E-state index is -0.867. The quantitative estimate of drug-likeness (QED) is 0.746. The predicted octanol–water partition coefficient (Wildman–Crippen LogP) is 3.50. The van der Waals surface area contributed by atoms with Gasteiger partial charge in [0.05, 0.1) is 5.56 Å². The van der Waals surface area contributed by atoms with Gasteiger partial charge < -0.3 is 15.1 Å². The molecule has 6 nitrogen and oxygen atoms in total. The monoisotopic (exact) mass is 461 g/mol. The maximum Gasteiger partial charge on any atom is 0.256 e. The Bertz CT molecular complexity index is 872. The maximum atomic E-state index is 13.9. The molecule has 2 aliphatic heterocycles. The predicted molar refractivity (Wildman–Crippen MR) is 119 cm³/mol. The molecule has 180 valence electrons. The lowest BCUT2D eigenvalue weighted by molar-refractivity contribution is -0.137. The van der Waals surface area contributed by atoms with Gasteiger partial charge in [-0.1, -0.05) is 19.3 Å². The Morgan fingerprint density at radius 2 is 1.42 bits per heavy atom. The minimum absolute atomic E-state index is 0.00730. The van der Waals surface area contributed by atoms with E-state index in [4.69, 9.17) is 0 Å². The number of carbonyl (C=O) groups excluding carboxylic acids is 3. The number of carbonyl (C=O) groups is 3. The number of hydrogen-bond donors (Lipinski definition) is 1. The van der Waals surface area contributed by atoms with Crippen molar-refractivity contribution in [2.24, 2.45) is 11.8 Å². The van der Waals surface area contributed by atoms with E-state index in [2.05, 4.69) is 5.32 Å². The van der Waals surface area contributed by atoms with Crippen LogP contribution in [0, 0.1) is 23.5 Å². The second-order valence-electron chi connectivity index (χ2n) is 9.63. The Kier molecular flexibility index (Phi) is 7.60. The van der Waals surface area contributed by atoms with Gasteiger partial charge >= 0.3 is 0 Å². The van der Waals surface area contributed by atoms with Crippen molar-refractivity contribution in [3.8, 4) is 0 Å². The van der Waals surface area contributed by atoms with Crippen molar-refractivity contribution in [3.63, 3.8) is 0 Å². The Morgan fingerprint density at radius 3 is 2.06 bits per heavy atom. The van der Waals surface area contributed by atoms with Crippen molar-refractivity contribution < 1.29 is 23.2 Å². The van der Waals surface area contributed by atoms with Gasteiger partial charge in [0, 0.05) is 50.1 Å². The van der Waals surface area contributed by atoms with Crippen LogP contribution >= 0.6 is 0 Å². The third-order valence-electron chi connectivity index (χ3n) is 7.42. The van der Waals surface area contributed by atoms with Crippen molar-refractivity contribution in [3.05, 3.63) is 35.4 Å². The molecule has 0 spiro atoms. The third kappa shape index (κ3) is 5.71.